The van der Waals surface area contributed by atoms with Crippen LogP contribution in [0.3, 0.4) is 0 Å². The van der Waals surface area contributed by atoms with Gasteiger partial charge in [-0.1, -0.05) is 73.9 Å². The Morgan fingerprint density at radius 2 is 1.22 bits per heavy atom. The second kappa shape index (κ2) is 13.6. The van der Waals surface area contributed by atoms with Gasteiger partial charge in [-0.05, 0) is 55.7 Å². The van der Waals surface area contributed by atoms with E-state index in [-0.39, 0.29) is 11.9 Å². The molecular formula is C29H32BF4OP. The lowest BCUT2D eigenvalue weighted by molar-refractivity contribution is 0.0272. The average Bonchev–Trinajstić information content (AvgIpc) is 2.89. The number of rotatable bonds is 6. The molecule has 3 aromatic carbocycles. The van der Waals surface area contributed by atoms with Gasteiger partial charge in [-0.15, -0.1) is 5.92 Å². The van der Waals surface area contributed by atoms with Crippen molar-refractivity contribution in [2.75, 3.05) is 0 Å². The van der Waals surface area contributed by atoms with E-state index in [1.807, 2.05) is 0 Å². The highest BCUT2D eigenvalue weighted by Gasteiger charge is 2.54. The first-order valence-electron chi connectivity index (χ1n) is 12.4. The standard InChI is InChI=1S/C29H32OP.BF4/c1-2-3-4-8-16-25-17-15-24-29(30-25)31(26-18-9-5-10-19-26,27-20-11-6-12-21-27)28-22-13-7-14-23-28;2-1(3,4)5/h5-7,9-14,18-23,25,29H,2-4,15,17,24H2,1H3;/q+1;-1. The zero-order valence-electron chi connectivity index (χ0n) is 20.5. The Hall–Kier alpha value is -2.61. The van der Waals surface area contributed by atoms with E-state index in [4.69, 9.17) is 4.74 Å². The van der Waals surface area contributed by atoms with E-state index < -0.39 is 14.5 Å². The first kappa shape index (κ1) is 28.0. The summed E-state index contributed by atoms with van der Waals surface area (Å²) in [5, 5.41) is 4.16. The lowest BCUT2D eigenvalue weighted by Crippen LogP contribution is -2.43. The molecule has 1 aliphatic heterocycles. The third-order valence-corrected chi connectivity index (χ3v) is 10.7. The van der Waals surface area contributed by atoms with Gasteiger partial charge in [-0.3, -0.25) is 0 Å². The van der Waals surface area contributed by atoms with Crippen molar-refractivity contribution in [3.8, 4) is 11.8 Å². The van der Waals surface area contributed by atoms with E-state index >= 15 is 0 Å². The normalized spacial score (nSPS) is 17.8. The fourth-order valence-corrected chi connectivity index (χ4v) is 9.30. The Kier molecular flexibility index (Phi) is 10.6. The predicted molar refractivity (Wildman–Crippen MR) is 145 cm³/mol. The highest BCUT2D eigenvalue weighted by atomic mass is 31.2. The molecule has 0 N–H and O–H groups in total. The minimum atomic E-state index is -6.00. The summed E-state index contributed by atoms with van der Waals surface area (Å²) in [7, 11) is -8.00. The molecule has 0 aromatic heterocycles. The quantitative estimate of drug-likeness (QED) is 0.110. The maximum absolute atomic E-state index is 9.75. The molecule has 1 nitrogen and oxygen atoms in total. The molecule has 2 atom stereocenters. The van der Waals surface area contributed by atoms with Gasteiger partial charge in [0.15, 0.2) is 5.85 Å². The minimum absolute atomic E-state index is 0.0334. The van der Waals surface area contributed by atoms with Gasteiger partial charge >= 0.3 is 7.25 Å². The lowest BCUT2D eigenvalue weighted by atomic mass is 10.1. The Balaban J connectivity index is 0.000000658. The molecular weight excluding hydrogens is 482 g/mol. The van der Waals surface area contributed by atoms with E-state index in [2.05, 4.69) is 110 Å². The van der Waals surface area contributed by atoms with Gasteiger partial charge < -0.3 is 22.0 Å². The summed E-state index contributed by atoms with van der Waals surface area (Å²) in [5.41, 5.74) is 0. The second-order valence-electron chi connectivity index (χ2n) is 8.66. The predicted octanol–water partition coefficient (Wildman–Crippen LogP) is 7.37. The number of ether oxygens (including phenoxy) is 1. The van der Waals surface area contributed by atoms with Crippen molar-refractivity contribution in [2.24, 2.45) is 0 Å². The van der Waals surface area contributed by atoms with Gasteiger partial charge in [0, 0.05) is 12.8 Å². The molecule has 0 aliphatic carbocycles. The molecule has 0 radical (unpaired) electrons. The van der Waals surface area contributed by atoms with E-state index in [0.29, 0.717) is 0 Å². The summed E-state index contributed by atoms with van der Waals surface area (Å²) in [4.78, 5) is 0. The maximum Gasteiger partial charge on any atom is 0.673 e. The van der Waals surface area contributed by atoms with E-state index in [1.54, 1.807) is 0 Å². The Morgan fingerprint density at radius 1 is 0.778 bits per heavy atom. The van der Waals surface area contributed by atoms with Gasteiger partial charge in [0.05, 0.1) is 0 Å². The zero-order chi connectivity index (χ0) is 25.9. The molecule has 1 heterocycles. The molecule has 1 fully saturated rings. The number of halogens is 4. The molecule has 36 heavy (non-hydrogen) atoms. The molecule has 4 rings (SSSR count). The van der Waals surface area contributed by atoms with E-state index in [0.717, 1.165) is 32.1 Å². The summed E-state index contributed by atoms with van der Waals surface area (Å²) in [6.07, 6.45) is 6.62. The first-order chi connectivity index (χ1) is 17.4. The van der Waals surface area contributed by atoms with E-state index in [1.165, 1.54) is 22.3 Å². The van der Waals surface area contributed by atoms with Crippen LogP contribution >= 0.6 is 7.26 Å². The van der Waals surface area contributed by atoms with Crippen LogP contribution in [0.5, 0.6) is 0 Å². The molecule has 3 aromatic rings. The highest BCUT2D eigenvalue weighted by Crippen LogP contribution is 2.62. The van der Waals surface area contributed by atoms with Crippen molar-refractivity contribution in [1.82, 2.24) is 0 Å². The third-order valence-electron chi connectivity index (χ3n) is 6.08. The number of benzene rings is 3. The third kappa shape index (κ3) is 7.69. The molecule has 1 saturated heterocycles. The lowest BCUT2D eigenvalue weighted by Gasteiger charge is -2.38. The summed E-state index contributed by atoms with van der Waals surface area (Å²) in [6.45, 7) is 2.22. The molecule has 1 aliphatic rings. The van der Waals surface area contributed by atoms with Gasteiger partial charge in [0.2, 0.25) is 0 Å². The second-order valence-corrected chi connectivity index (χ2v) is 12.2. The van der Waals surface area contributed by atoms with Crippen molar-refractivity contribution < 1.29 is 22.0 Å². The Labute approximate surface area is 212 Å². The summed E-state index contributed by atoms with van der Waals surface area (Å²) < 4.78 is 45.9. The van der Waals surface area contributed by atoms with Gasteiger partial charge in [-0.2, -0.15) is 0 Å². The van der Waals surface area contributed by atoms with Crippen LogP contribution in [0.4, 0.5) is 17.3 Å². The first-order valence-corrected chi connectivity index (χ1v) is 14.3. The fourth-order valence-electron chi connectivity index (χ4n) is 4.58. The average molecular weight is 514 g/mol. The molecule has 2 unspecified atom stereocenters. The van der Waals surface area contributed by atoms with Gasteiger partial charge in [-0.25, -0.2) is 0 Å². The zero-order valence-corrected chi connectivity index (χ0v) is 21.4. The summed E-state index contributed by atoms with van der Waals surface area (Å²) >= 11 is 0. The van der Waals surface area contributed by atoms with Gasteiger partial charge in [0.25, 0.3) is 0 Å². The number of hydrogen-bond donors (Lipinski definition) is 0. The number of hydrogen-bond acceptors (Lipinski definition) is 1. The molecule has 0 amide bonds. The minimum Gasteiger partial charge on any atom is -0.418 e. The van der Waals surface area contributed by atoms with Crippen molar-refractivity contribution in [3.05, 3.63) is 91.0 Å². The molecule has 0 saturated carbocycles. The van der Waals surface area contributed by atoms with Crippen molar-refractivity contribution >= 4 is 30.4 Å². The Morgan fingerprint density at radius 3 is 1.64 bits per heavy atom. The molecule has 0 bridgehead atoms. The van der Waals surface area contributed by atoms with Crippen molar-refractivity contribution in [1.29, 1.82) is 0 Å². The largest absolute Gasteiger partial charge is 0.673 e. The van der Waals surface area contributed by atoms with Crippen LogP contribution in [-0.2, 0) is 4.74 Å². The van der Waals surface area contributed by atoms with E-state index in [9.17, 15) is 17.3 Å². The molecule has 190 valence electrons. The smallest absolute Gasteiger partial charge is 0.418 e. The van der Waals surface area contributed by atoms with Crippen LogP contribution in [0.25, 0.3) is 0 Å². The molecule has 7 heteroatoms. The van der Waals surface area contributed by atoms with Crippen LogP contribution in [0, 0.1) is 11.8 Å². The topological polar surface area (TPSA) is 9.23 Å². The monoisotopic (exact) mass is 514 g/mol. The summed E-state index contributed by atoms with van der Waals surface area (Å²) in [6, 6.07) is 33.1. The van der Waals surface area contributed by atoms with Gasteiger partial charge in [0.1, 0.15) is 29.3 Å². The van der Waals surface area contributed by atoms with Crippen molar-refractivity contribution in [2.45, 2.75) is 57.4 Å². The summed E-state index contributed by atoms with van der Waals surface area (Å²) in [5.74, 6) is 6.98. The van der Waals surface area contributed by atoms with Crippen LogP contribution < -0.4 is 15.9 Å². The number of unbranched alkanes of at least 4 members (excludes halogenated alkanes) is 2. The van der Waals surface area contributed by atoms with Crippen LogP contribution in [0.1, 0.15) is 45.4 Å². The van der Waals surface area contributed by atoms with Crippen LogP contribution in [-0.4, -0.2) is 19.2 Å². The van der Waals surface area contributed by atoms with Crippen LogP contribution in [0.15, 0.2) is 91.0 Å². The van der Waals surface area contributed by atoms with Crippen LogP contribution in [0.2, 0.25) is 0 Å². The maximum atomic E-state index is 9.75. The Bertz CT molecular complexity index is 995. The fraction of sp³-hybridized carbons (Fsp3) is 0.310. The van der Waals surface area contributed by atoms with Crippen molar-refractivity contribution in [3.63, 3.8) is 0 Å². The molecule has 0 spiro atoms. The highest BCUT2D eigenvalue weighted by molar-refractivity contribution is 7.96. The SMILES string of the molecule is CCCCC#CC1CCCC([P+](c2ccccc2)(c2ccccc2)c2ccccc2)O1.F[B-](F)(F)F.